The van der Waals surface area contributed by atoms with Crippen molar-refractivity contribution < 1.29 is 18.7 Å². The molecular weight excluding hydrogens is 356 g/mol. The quantitative estimate of drug-likeness (QED) is 0.761. The fourth-order valence-electron chi connectivity index (χ4n) is 2.73. The number of carbonyl (C=O) groups is 2. The lowest BCUT2D eigenvalue weighted by atomic mass is 10.3. The number of thioether (sulfide) groups is 1. The summed E-state index contributed by atoms with van der Waals surface area (Å²) in [5, 5.41) is 3.40. The molecule has 1 aliphatic heterocycles. The molecule has 0 spiro atoms. The maximum absolute atomic E-state index is 12.0. The molecule has 0 unspecified atom stereocenters. The Hall–Kier alpha value is -2.26. The van der Waals surface area contributed by atoms with Gasteiger partial charge in [-0.15, -0.1) is 0 Å². The highest BCUT2D eigenvalue weighted by Gasteiger charge is 2.21. The lowest BCUT2D eigenvalue weighted by molar-refractivity contribution is -0.118. The van der Waals surface area contributed by atoms with E-state index in [0.717, 1.165) is 30.7 Å². The fourth-order valence-corrected chi connectivity index (χ4v) is 3.40. The second-order valence-electron chi connectivity index (χ2n) is 5.88. The third kappa shape index (κ3) is 4.89. The van der Waals surface area contributed by atoms with Crippen LogP contribution in [0.2, 0.25) is 0 Å². The van der Waals surface area contributed by atoms with Gasteiger partial charge in [0.15, 0.2) is 5.58 Å². The van der Waals surface area contributed by atoms with Crippen LogP contribution in [-0.4, -0.2) is 78.9 Å². The molecule has 1 N–H and O–H groups in total. The van der Waals surface area contributed by atoms with Gasteiger partial charge in [0.05, 0.1) is 12.9 Å². The Balaban J connectivity index is 1.33. The van der Waals surface area contributed by atoms with Gasteiger partial charge in [-0.3, -0.25) is 9.69 Å². The van der Waals surface area contributed by atoms with Crippen LogP contribution in [0.25, 0.3) is 11.1 Å². The lowest BCUT2D eigenvalue weighted by Gasteiger charge is -2.33. The molecule has 2 heterocycles. The Bertz CT molecular complexity index is 725. The third-order valence-corrected chi connectivity index (χ3v) is 4.98. The summed E-state index contributed by atoms with van der Waals surface area (Å²) in [5.74, 6) is 0.216. The summed E-state index contributed by atoms with van der Waals surface area (Å²) in [6, 6.07) is 7.52. The van der Waals surface area contributed by atoms with Gasteiger partial charge in [-0.25, -0.2) is 9.78 Å². The molecule has 1 aromatic carbocycles. The number of ether oxygens (including phenoxy) is 1. The highest BCUT2D eigenvalue weighted by molar-refractivity contribution is 7.99. The zero-order chi connectivity index (χ0) is 18.4. The highest BCUT2D eigenvalue weighted by Crippen LogP contribution is 2.22. The third-order valence-electron chi connectivity index (χ3n) is 4.16. The molecule has 1 saturated heterocycles. The lowest BCUT2D eigenvalue weighted by Crippen LogP contribution is -2.50. The van der Waals surface area contributed by atoms with E-state index in [1.54, 1.807) is 4.90 Å². The molecule has 2 aromatic rings. The number of amides is 2. The average Bonchev–Trinajstić information content (AvgIpc) is 3.09. The molecule has 26 heavy (non-hydrogen) atoms. The number of nitrogens with one attached hydrogen (secondary N) is 1. The second-order valence-corrected chi connectivity index (χ2v) is 6.81. The first-order valence-corrected chi connectivity index (χ1v) is 9.44. The van der Waals surface area contributed by atoms with Crippen LogP contribution in [0.15, 0.2) is 33.9 Å². The summed E-state index contributed by atoms with van der Waals surface area (Å²) < 4.78 is 10.3. The molecule has 1 fully saturated rings. The Morgan fingerprint density at radius 1 is 1.27 bits per heavy atom. The molecule has 140 valence electrons. The van der Waals surface area contributed by atoms with Crippen molar-refractivity contribution in [2.75, 3.05) is 52.1 Å². The second kappa shape index (κ2) is 8.91. The summed E-state index contributed by atoms with van der Waals surface area (Å²) in [5.41, 5.74) is 1.52. The van der Waals surface area contributed by atoms with Crippen molar-refractivity contribution >= 4 is 34.9 Å². The predicted octanol–water partition coefficient (Wildman–Crippen LogP) is 1.42. The zero-order valence-corrected chi connectivity index (χ0v) is 15.5. The minimum Gasteiger partial charge on any atom is -0.453 e. The van der Waals surface area contributed by atoms with Gasteiger partial charge in [-0.1, -0.05) is 23.9 Å². The molecule has 0 bridgehead atoms. The molecule has 1 aromatic heterocycles. The molecule has 1 aliphatic rings. The van der Waals surface area contributed by atoms with Crippen molar-refractivity contribution in [1.29, 1.82) is 0 Å². The number of methoxy groups -OCH3 is 1. The smallest absolute Gasteiger partial charge is 0.409 e. The van der Waals surface area contributed by atoms with Gasteiger partial charge >= 0.3 is 6.09 Å². The van der Waals surface area contributed by atoms with Crippen molar-refractivity contribution in [2.24, 2.45) is 0 Å². The van der Waals surface area contributed by atoms with E-state index in [1.165, 1.54) is 18.9 Å². The van der Waals surface area contributed by atoms with E-state index in [9.17, 15) is 9.59 Å². The summed E-state index contributed by atoms with van der Waals surface area (Å²) >= 11 is 1.28. The highest BCUT2D eigenvalue weighted by atomic mass is 32.2. The molecule has 0 atom stereocenters. The topological polar surface area (TPSA) is 87.9 Å². The van der Waals surface area contributed by atoms with E-state index in [0.29, 0.717) is 24.9 Å². The van der Waals surface area contributed by atoms with Crippen LogP contribution in [0.5, 0.6) is 0 Å². The van der Waals surface area contributed by atoms with Gasteiger partial charge in [0.2, 0.25) is 5.91 Å². The SMILES string of the molecule is COC(=O)N1CCN(CCNC(=O)CSc2nc3ccccc3o2)CC1. The summed E-state index contributed by atoms with van der Waals surface area (Å²) in [6.07, 6.45) is -0.283. The van der Waals surface area contributed by atoms with E-state index in [-0.39, 0.29) is 17.8 Å². The van der Waals surface area contributed by atoms with E-state index < -0.39 is 0 Å². The van der Waals surface area contributed by atoms with E-state index in [2.05, 4.69) is 15.2 Å². The van der Waals surface area contributed by atoms with Crippen molar-refractivity contribution in [3.8, 4) is 0 Å². The molecular formula is C17H22N4O4S. The Kier molecular flexibility index (Phi) is 6.35. The first kappa shape index (κ1) is 18.5. The average molecular weight is 378 g/mol. The van der Waals surface area contributed by atoms with Crippen molar-refractivity contribution in [3.05, 3.63) is 24.3 Å². The molecule has 9 heteroatoms. The minimum atomic E-state index is -0.283. The van der Waals surface area contributed by atoms with E-state index in [4.69, 9.17) is 9.15 Å². The normalized spacial score (nSPS) is 15.2. The van der Waals surface area contributed by atoms with Crippen LogP contribution in [0, 0.1) is 0 Å². The number of fused-ring (bicyclic) bond motifs is 1. The minimum absolute atomic E-state index is 0.0505. The summed E-state index contributed by atoms with van der Waals surface area (Å²) in [6.45, 7) is 4.19. The molecule has 0 saturated carbocycles. The van der Waals surface area contributed by atoms with Crippen LogP contribution in [0.3, 0.4) is 0 Å². The van der Waals surface area contributed by atoms with Gasteiger partial charge in [0, 0.05) is 39.3 Å². The summed E-state index contributed by atoms with van der Waals surface area (Å²) in [7, 11) is 1.39. The first-order chi connectivity index (χ1) is 12.7. The van der Waals surface area contributed by atoms with Crippen molar-refractivity contribution in [3.63, 3.8) is 0 Å². The van der Waals surface area contributed by atoms with E-state index in [1.807, 2.05) is 24.3 Å². The molecule has 3 rings (SSSR count). The standard InChI is InChI=1S/C17H22N4O4S/c1-24-17(23)21-10-8-20(9-11-21)7-6-18-15(22)12-26-16-19-13-4-2-3-5-14(13)25-16/h2-5H,6-12H2,1H3,(H,18,22). The van der Waals surface area contributed by atoms with Crippen LogP contribution in [-0.2, 0) is 9.53 Å². The monoisotopic (exact) mass is 378 g/mol. The van der Waals surface area contributed by atoms with E-state index >= 15 is 0 Å². The fraction of sp³-hybridized carbons (Fsp3) is 0.471. The molecule has 2 amide bonds. The first-order valence-electron chi connectivity index (χ1n) is 8.46. The number of rotatable bonds is 6. The Morgan fingerprint density at radius 3 is 2.77 bits per heavy atom. The maximum atomic E-state index is 12.0. The molecule has 8 nitrogen and oxygen atoms in total. The van der Waals surface area contributed by atoms with Gasteiger partial charge in [-0.2, -0.15) is 0 Å². The van der Waals surface area contributed by atoms with Gasteiger partial charge in [0.1, 0.15) is 5.52 Å². The number of hydrogen-bond acceptors (Lipinski definition) is 7. The molecule has 0 radical (unpaired) electrons. The molecule has 0 aliphatic carbocycles. The van der Waals surface area contributed by atoms with Crippen molar-refractivity contribution in [1.82, 2.24) is 20.1 Å². The number of benzene rings is 1. The number of piperazine rings is 1. The van der Waals surface area contributed by atoms with Crippen LogP contribution < -0.4 is 5.32 Å². The largest absolute Gasteiger partial charge is 0.453 e. The van der Waals surface area contributed by atoms with Crippen LogP contribution in [0.4, 0.5) is 4.79 Å². The maximum Gasteiger partial charge on any atom is 0.409 e. The number of hydrogen-bond donors (Lipinski definition) is 1. The number of carbonyl (C=O) groups excluding carboxylic acids is 2. The van der Waals surface area contributed by atoms with Crippen LogP contribution in [0.1, 0.15) is 0 Å². The van der Waals surface area contributed by atoms with Crippen LogP contribution >= 0.6 is 11.8 Å². The Morgan fingerprint density at radius 2 is 2.04 bits per heavy atom. The Labute approximate surface area is 155 Å². The van der Waals surface area contributed by atoms with Gasteiger partial charge in [-0.05, 0) is 12.1 Å². The predicted molar refractivity (Wildman–Crippen MR) is 98.2 cm³/mol. The number of nitrogens with zero attached hydrogens (tertiary/aromatic N) is 3. The summed E-state index contributed by atoms with van der Waals surface area (Å²) in [4.78, 5) is 31.6. The number of oxazole rings is 1. The zero-order valence-electron chi connectivity index (χ0n) is 14.6. The van der Waals surface area contributed by atoms with Crippen molar-refractivity contribution in [2.45, 2.75) is 5.22 Å². The number of aromatic nitrogens is 1. The number of para-hydroxylation sites is 2. The van der Waals surface area contributed by atoms with Gasteiger partial charge in [0.25, 0.3) is 5.22 Å². The van der Waals surface area contributed by atoms with Gasteiger partial charge < -0.3 is 19.4 Å².